The Hall–Kier alpha value is -2.69. The molecule has 0 spiro atoms. The van der Waals surface area contributed by atoms with Gasteiger partial charge in [0, 0.05) is 6.42 Å². The average Bonchev–Trinajstić information content (AvgIpc) is 2.53. The molecular weight excluding hydrogens is 333 g/mol. The van der Waals surface area contributed by atoms with Crippen LogP contribution in [0.25, 0.3) is 0 Å². The maximum Gasteiger partial charge on any atom is 0.329 e. The summed E-state index contributed by atoms with van der Waals surface area (Å²) >= 11 is 0. The molecule has 0 aliphatic rings. The van der Waals surface area contributed by atoms with Gasteiger partial charge in [-0.15, -0.1) is 0 Å². The van der Waals surface area contributed by atoms with Crippen LogP contribution in [0.2, 0.25) is 0 Å². The molecule has 1 amide bonds. The first kappa shape index (κ1) is 19.6. The van der Waals surface area contributed by atoms with Gasteiger partial charge in [-0.1, -0.05) is 42.5 Å². The van der Waals surface area contributed by atoms with Crippen LogP contribution in [0.5, 0.6) is 0 Å². The van der Waals surface area contributed by atoms with Crippen LogP contribution in [0, 0.1) is 5.82 Å². The van der Waals surface area contributed by atoms with Gasteiger partial charge in [0.05, 0.1) is 6.42 Å². The fourth-order valence-corrected chi connectivity index (χ4v) is 2.49. The van der Waals surface area contributed by atoms with E-state index in [-0.39, 0.29) is 12.3 Å². The number of rotatable bonds is 6. The van der Waals surface area contributed by atoms with E-state index in [1.165, 1.54) is 12.1 Å². The van der Waals surface area contributed by atoms with Crippen molar-refractivity contribution in [3.63, 3.8) is 0 Å². The smallest absolute Gasteiger partial charge is 0.329 e. The summed E-state index contributed by atoms with van der Waals surface area (Å²) < 4.78 is 18.7. The molecule has 5 heteroatoms. The second-order valence-corrected chi connectivity index (χ2v) is 7.15. The average molecular weight is 357 g/mol. The summed E-state index contributed by atoms with van der Waals surface area (Å²) in [6, 6.07) is 14.4. The van der Waals surface area contributed by atoms with E-state index in [4.69, 9.17) is 4.74 Å². The minimum Gasteiger partial charge on any atom is -0.458 e. The number of ether oxygens (including phenoxy) is 1. The summed E-state index contributed by atoms with van der Waals surface area (Å²) in [6.45, 7) is 5.33. The number of benzene rings is 2. The van der Waals surface area contributed by atoms with Gasteiger partial charge in [-0.05, 0) is 44.0 Å². The molecule has 1 atom stereocenters. The molecule has 0 bridgehead atoms. The monoisotopic (exact) mass is 357 g/mol. The molecule has 0 unspecified atom stereocenters. The van der Waals surface area contributed by atoms with E-state index in [9.17, 15) is 14.0 Å². The van der Waals surface area contributed by atoms with Crippen molar-refractivity contribution in [2.24, 2.45) is 0 Å². The lowest BCUT2D eigenvalue weighted by Gasteiger charge is -2.24. The Kier molecular flexibility index (Phi) is 6.50. The lowest BCUT2D eigenvalue weighted by Crippen LogP contribution is -2.46. The zero-order valence-corrected chi connectivity index (χ0v) is 15.3. The Balaban J connectivity index is 2.09. The first-order valence-corrected chi connectivity index (χ1v) is 8.53. The van der Waals surface area contributed by atoms with Crippen molar-refractivity contribution in [1.29, 1.82) is 0 Å². The third-order valence-corrected chi connectivity index (χ3v) is 3.56. The van der Waals surface area contributed by atoms with E-state index in [1.807, 2.05) is 30.3 Å². The largest absolute Gasteiger partial charge is 0.458 e. The summed E-state index contributed by atoms with van der Waals surface area (Å²) in [5, 5.41) is 2.72. The topological polar surface area (TPSA) is 55.4 Å². The van der Waals surface area contributed by atoms with Crippen molar-refractivity contribution in [3.05, 3.63) is 71.5 Å². The van der Waals surface area contributed by atoms with Crippen LogP contribution in [0.3, 0.4) is 0 Å². The SMILES string of the molecule is CC(C)(C)OC(=O)[C@H](Cc1ccccc1)NC(=O)Cc1cccc(F)c1. The minimum atomic E-state index is -0.808. The van der Waals surface area contributed by atoms with Crippen molar-refractivity contribution in [2.75, 3.05) is 0 Å². The minimum absolute atomic E-state index is 0.00809. The highest BCUT2D eigenvalue weighted by Crippen LogP contribution is 2.12. The zero-order chi connectivity index (χ0) is 19.2. The summed E-state index contributed by atoms with van der Waals surface area (Å²) in [6.07, 6.45) is 0.316. The highest BCUT2D eigenvalue weighted by atomic mass is 19.1. The van der Waals surface area contributed by atoms with Crippen molar-refractivity contribution < 1.29 is 18.7 Å². The first-order chi connectivity index (χ1) is 12.2. The lowest BCUT2D eigenvalue weighted by atomic mass is 10.0. The Labute approximate surface area is 153 Å². The van der Waals surface area contributed by atoms with Crippen molar-refractivity contribution in [3.8, 4) is 0 Å². The highest BCUT2D eigenvalue weighted by molar-refractivity contribution is 5.86. The molecule has 4 nitrogen and oxygen atoms in total. The second kappa shape index (κ2) is 8.61. The van der Waals surface area contributed by atoms with Crippen LogP contribution >= 0.6 is 0 Å². The molecule has 0 aliphatic heterocycles. The molecular formula is C21H24FNO3. The summed E-state index contributed by atoms with van der Waals surface area (Å²) in [4.78, 5) is 24.9. The molecule has 2 rings (SSSR count). The maximum absolute atomic E-state index is 13.3. The second-order valence-electron chi connectivity index (χ2n) is 7.15. The molecule has 0 radical (unpaired) electrons. The molecule has 0 saturated carbocycles. The Morgan fingerprint density at radius 1 is 1.04 bits per heavy atom. The number of carbonyl (C=O) groups is 2. The number of amides is 1. The molecule has 138 valence electrons. The molecule has 0 heterocycles. The number of esters is 1. The molecule has 26 heavy (non-hydrogen) atoms. The van der Waals surface area contributed by atoms with Crippen LogP contribution in [-0.4, -0.2) is 23.5 Å². The quantitative estimate of drug-likeness (QED) is 0.806. The number of nitrogens with one attached hydrogen (secondary N) is 1. The number of hydrogen-bond donors (Lipinski definition) is 1. The van der Waals surface area contributed by atoms with Crippen LogP contribution in [0.1, 0.15) is 31.9 Å². The van der Waals surface area contributed by atoms with Crippen LogP contribution in [0.4, 0.5) is 4.39 Å². The Bertz CT molecular complexity index is 753. The lowest BCUT2D eigenvalue weighted by molar-refractivity contribution is -0.158. The third kappa shape index (κ3) is 6.67. The van der Waals surface area contributed by atoms with E-state index in [0.717, 1.165) is 5.56 Å². The highest BCUT2D eigenvalue weighted by Gasteiger charge is 2.27. The van der Waals surface area contributed by atoms with Crippen LogP contribution in [-0.2, 0) is 27.2 Å². The maximum atomic E-state index is 13.3. The van der Waals surface area contributed by atoms with Gasteiger partial charge in [0.2, 0.25) is 5.91 Å². The molecule has 0 fully saturated rings. The van der Waals surface area contributed by atoms with E-state index >= 15 is 0 Å². The fraction of sp³-hybridized carbons (Fsp3) is 0.333. The third-order valence-electron chi connectivity index (χ3n) is 3.56. The van der Waals surface area contributed by atoms with Crippen molar-refractivity contribution in [1.82, 2.24) is 5.32 Å². The summed E-state index contributed by atoms with van der Waals surface area (Å²) in [7, 11) is 0. The Morgan fingerprint density at radius 3 is 2.31 bits per heavy atom. The predicted molar refractivity (Wildman–Crippen MR) is 98.0 cm³/mol. The number of halogens is 1. The van der Waals surface area contributed by atoms with Gasteiger partial charge in [-0.25, -0.2) is 9.18 Å². The molecule has 0 aliphatic carbocycles. The van der Waals surface area contributed by atoms with Gasteiger partial charge >= 0.3 is 5.97 Å². The van der Waals surface area contributed by atoms with Gasteiger partial charge < -0.3 is 10.1 Å². The van der Waals surface area contributed by atoms with Crippen molar-refractivity contribution in [2.45, 2.75) is 45.3 Å². The van der Waals surface area contributed by atoms with Gasteiger partial charge in [0.15, 0.2) is 0 Å². The van der Waals surface area contributed by atoms with Gasteiger partial charge in [0.25, 0.3) is 0 Å². The normalized spacial score (nSPS) is 12.3. The number of hydrogen-bond acceptors (Lipinski definition) is 3. The Morgan fingerprint density at radius 2 is 1.69 bits per heavy atom. The van der Waals surface area contributed by atoms with E-state index in [2.05, 4.69) is 5.32 Å². The van der Waals surface area contributed by atoms with Gasteiger partial charge in [0.1, 0.15) is 17.5 Å². The first-order valence-electron chi connectivity index (χ1n) is 8.53. The molecule has 2 aromatic carbocycles. The van der Waals surface area contributed by atoms with Crippen molar-refractivity contribution >= 4 is 11.9 Å². The van der Waals surface area contributed by atoms with Gasteiger partial charge in [-0.3, -0.25) is 4.79 Å². The van der Waals surface area contributed by atoms with E-state index < -0.39 is 23.4 Å². The summed E-state index contributed by atoms with van der Waals surface area (Å²) in [5.74, 6) is -1.25. The molecule has 2 aromatic rings. The predicted octanol–water partition coefficient (Wildman–Crippen LogP) is 3.44. The summed E-state index contributed by atoms with van der Waals surface area (Å²) in [5.41, 5.74) is 0.804. The fourth-order valence-electron chi connectivity index (χ4n) is 2.49. The van der Waals surface area contributed by atoms with E-state index in [0.29, 0.717) is 12.0 Å². The molecule has 0 aromatic heterocycles. The zero-order valence-electron chi connectivity index (χ0n) is 15.3. The standard InChI is InChI=1S/C21H24FNO3/c1-21(2,3)26-20(25)18(13-15-8-5-4-6-9-15)23-19(24)14-16-10-7-11-17(22)12-16/h4-12,18H,13-14H2,1-3H3,(H,23,24)/t18-/m0/s1. The van der Waals surface area contributed by atoms with E-state index in [1.54, 1.807) is 32.9 Å². The molecule has 0 saturated heterocycles. The number of carbonyl (C=O) groups excluding carboxylic acids is 2. The van der Waals surface area contributed by atoms with Crippen LogP contribution in [0.15, 0.2) is 54.6 Å². The van der Waals surface area contributed by atoms with Gasteiger partial charge in [-0.2, -0.15) is 0 Å². The molecule has 1 N–H and O–H groups in total. The van der Waals surface area contributed by atoms with Crippen LogP contribution < -0.4 is 5.32 Å².